The van der Waals surface area contributed by atoms with Crippen LogP contribution in [0, 0.1) is 0 Å². The summed E-state index contributed by atoms with van der Waals surface area (Å²) < 4.78 is 37.6. The van der Waals surface area contributed by atoms with E-state index in [1.54, 1.807) is 45.0 Å². The van der Waals surface area contributed by atoms with Gasteiger partial charge in [-0.2, -0.15) is 8.42 Å². The molecule has 0 bridgehead atoms. The number of hydrogen-bond donors (Lipinski definition) is 2. The van der Waals surface area contributed by atoms with Crippen LogP contribution in [0.15, 0.2) is 41.3 Å². The quantitative estimate of drug-likeness (QED) is 0.826. The molecule has 22 heavy (non-hydrogen) atoms. The number of carbonyl (C=O) groups is 1. The fourth-order valence-electron chi connectivity index (χ4n) is 2.04. The van der Waals surface area contributed by atoms with E-state index in [2.05, 4.69) is 5.32 Å². The van der Waals surface area contributed by atoms with Crippen molar-refractivity contribution in [2.45, 2.75) is 31.3 Å². The minimum Gasteiger partial charge on any atom is -0.444 e. The van der Waals surface area contributed by atoms with Crippen LogP contribution in [0.2, 0.25) is 0 Å². The van der Waals surface area contributed by atoms with Crippen LogP contribution in [0.3, 0.4) is 0 Å². The Bertz CT molecular complexity index is 816. The molecule has 2 N–H and O–H groups in total. The van der Waals surface area contributed by atoms with Crippen LogP contribution in [0.4, 0.5) is 10.5 Å². The third-order valence-corrected chi connectivity index (χ3v) is 3.68. The third kappa shape index (κ3) is 3.75. The molecule has 0 heterocycles. The first-order chi connectivity index (χ1) is 10.1. The van der Waals surface area contributed by atoms with Crippen LogP contribution in [0.1, 0.15) is 20.8 Å². The average molecular weight is 323 g/mol. The first-order valence-electron chi connectivity index (χ1n) is 6.57. The van der Waals surface area contributed by atoms with Crippen molar-refractivity contribution < 1.29 is 22.5 Å². The number of nitrogens with one attached hydrogen (secondary N) is 1. The molecule has 0 unspecified atom stereocenters. The molecule has 6 nitrogen and oxygen atoms in total. The molecular weight excluding hydrogens is 306 g/mol. The van der Waals surface area contributed by atoms with E-state index in [9.17, 15) is 17.8 Å². The number of hydrogen-bond acceptors (Lipinski definition) is 4. The van der Waals surface area contributed by atoms with Gasteiger partial charge in [0.1, 0.15) is 10.5 Å². The molecule has 1 amide bonds. The van der Waals surface area contributed by atoms with Crippen molar-refractivity contribution in [1.29, 1.82) is 0 Å². The van der Waals surface area contributed by atoms with Gasteiger partial charge >= 0.3 is 6.09 Å². The molecule has 2 aromatic carbocycles. The largest absolute Gasteiger partial charge is 0.444 e. The fourth-order valence-corrected chi connectivity index (χ4v) is 2.78. The lowest BCUT2D eigenvalue weighted by molar-refractivity contribution is 0.0636. The monoisotopic (exact) mass is 323 g/mol. The summed E-state index contributed by atoms with van der Waals surface area (Å²) in [5.41, 5.74) is -0.430. The molecular formula is C15H17NO5S. The lowest BCUT2D eigenvalue weighted by atomic mass is 10.1. The van der Waals surface area contributed by atoms with Crippen LogP contribution in [0.5, 0.6) is 0 Å². The van der Waals surface area contributed by atoms with E-state index in [-0.39, 0.29) is 16.0 Å². The summed E-state index contributed by atoms with van der Waals surface area (Å²) in [7, 11) is -4.41. The Labute approximate surface area is 128 Å². The number of benzene rings is 2. The Kier molecular flexibility index (Phi) is 4.12. The van der Waals surface area contributed by atoms with E-state index in [0.717, 1.165) is 0 Å². The molecule has 2 aromatic rings. The number of anilines is 1. The van der Waals surface area contributed by atoms with Gasteiger partial charge in [-0.3, -0.25) is 9.87 Å². The maximum atomic E-state index is 11.9. The second-order valence-electron chi connectivity index (χ2n) is 5.76. The summed E-state index contributed by atoms with van der Waals surface area (Å²) in [4.78, 5) is 11.6. The Balaban J connectivity index is 2.53. The molecule has 0 spiro atoms. The molecule has 0 atom stereocenters. The first-order valence-corrected chi connectivity index (χ1v) is 8.01. The number of amides is 1. The normalized spacial score (nSPS) is 12.2. The molecule has 0 aromatic heterocycles. The Morgan fingerprint density at radius 1 is 1.14 bits per heavy atom. The van der Waals surface area contributed by atoms with Gasteiger partial charge in [-0.15, -0.1) is 0 Å². The van der Waals surface area contributed by atoms with Gasteiger partial charge in [0, 0.05) is 5.39 Å². The lowest BCUT2D eigenvalue weighted by Crippen LogP contribution is -2.27. The summed E-state index contributed by atoms with van der Waals surface area (Å²) >= 11 is 0. The number of carbonyl (C=O) groups excluding carboxylic acids is 1. The van der Waals surface area contributed by atoms with E-state index in [1.807, 2.05) is 0 Å². The zero-order valence-electron chi connectivity index (χ0n) is 12.5. The number of fused-ring (bicyclic) bond motifs is 1. The van der Waals surface area contributed by atoms with Crippen molar-refractivity contribution in [2.24, 2.45) is 0 Å². The Morgan fingerprint density at radius 3 is 2.27 bits per heavy atom. The van der Waals surface area contributed by atoms with Gasteiger partial charge in [0.05, 0.1) is 5.69 Å². The van der Waals surface area contributed by atoms with Gasteiger partial charge in [0.25, 0.3) is 10.1 Å². The molecule has 0 aliphatic rings. The third-order valence-electron chi connectivity index (χ3n) is 2.78. The van der Waals surface area contributed by atoms with Crippen molar-refractivity contribution >= 4 is 32.7 Å². The lowest BCUT2D eigenvalue weighted by Gasteiger charge is -2.20. The van der Waals surface area contributed by atoms with Gasteiger partial charge in [0.15, 0.2) is 0 Å². The molecule has 0 aliphatic carbocycles. The maximum Gasteiger partial charge on any atom is 0.412 e. The van der Waals surface area contributed by atoms with Crippen LogP contribution >= 0.6 is 0 Å². The van der Waals surface area contributed by atoms with Crippen molar-refractivity contribution in [3.05, 3.63) is 36.4 Å². The SMILES string of the molecule is CC(C)(C)OC(=O)Nc1cccc2cccc(S(=O)(=O)O)c12. The smallest absolute Gasteiger partial charge is 0.412 e. The van der Waals surface area contributed by atoms with E-state index in [1.165, 1.54) is 12.1 Å². The Morgan fingerprint density at radius 2 is 1.73 bits per heavy atom. The van der Waals surface area contributed by atoms with Crippen molar-refractivity contribution in [1.82, 2.24) is 0 Å². The Hall–Kier alpha value is -2.12. The second-order valence-corrected chi connectivity index (χ2v) is 7.15. The highest BCUT2D eigenvalue weighted by molar-refractivity contribution is 7.86. The van der Waals surface area contributed by atoms with Gasteiger partial charge in [-0.05, 0) is 38.3 Å². The highest BCUT2D eigenvalue weighted by Crippen LogP contribution is 2.30. The van der Waals surface area contributed by atoms with Crippen molar-refractivity contribution in [3.8, 4) is 0 Å². The van der Waals surface area contributed by atoms with Crippen LogP contribution in [-0.2, 0) is 14.9 Å². The van der Waals surface area contributed by atoms with E-state index >= 15 is 0 Å². The van der Waals surface area contributed by atoms with Crippen LogP contribution < -0.4 is 5.32 Å². The summed E-state index contributed by atoms with van der Waals surface area (Å²) in [6.45, 7) is 5.16. The van der Waals surface area contributed by atoms with Gasteiger partial charge in [-0.1, -0.05) is 24.3 Å². The zero-order chi connectivity index (χ0) is 16.5. The first kappa shape index (κ1) is 16.3. The highest BCUT2D eigenvalue weighted by Gasteiger charge is 2.20. The molecule has 0 radical (unpaired) electrons. The molecule has 0 fully saturated rings. The topological polar surface area (TPSA) is 92.7 Å². The molecule has 0 aliphatic heterocycles. The van der Waals surface area contributed by atoms with Gasteiger partial charge < -0.3 is 4.74 Å². The molecule has 2 rings (SSSR count). The summed E-state index contributed by atoms with van der Waals surface area (Å²) in [6.07, 6.45) is -0.704. The number of rotatable bonds is 2. The minimum atomic E-state index is -4.41. The van der Waals surface area contributed by atoms with E-state index in [0.29, 0.717) is 5.39 Å². The van der Waals surface area contributed by atoms with Gasteiger partial charge in [0.2, 0.25) is 0 Å². The zero-order valence-corrected chi connectivity index (χ0v) is 13.3. The summed E-state index contributed by atoms with van der Waals surface area (Å²) in [5, 5.41) is 3.32. The van der Waals surface area contributed by atoms with E-state index < -0.39 is 21.8 Å². The maximum absolute atomic E-state index is 11.9. The van der Waals surface area contributed by atoms with Gasteiger partial charge in [-0.25, -0.2) is 4.79 Å². The van der Waals surface area contributed by atoms with Crippen molar-refractivity contribution in [2.75, 3.05) is 5.32 Å². The predicted molar refractivity (Wildman–Crippen MR) is 83.6 cm³/mol. The van der Waals surface area contributed by atoms with E-state index in [4.69, 9.17) is 4.74 Å². The average Bonchev–Trinajstić information content (AvgIpc) is 2.35. The number of ether oxygens (including phenoxy) is 1. The van der Waals surface area contributed by atoms with Crippen molar-refractivity contribution in [3.63, 3.8) is 0 Å². The summed E-state index contributed by atoms with van der Waals surface area (Å²) in [6, 6.07) is 9.37. The second kappa shape index (κ2) is 5.58. The molecule has 0 saturated heterocycles. The standard InChI is InChI=1S/C15H17NO5S/c1-15(2,3)21-14(17)16-11-8-4-6-10-7-5-9-12(13(10)11)22(18,19)20/h4-9H,1-3H3,(H,16,17)(H,18,19,20). The predicted octanol–water partition coefficient (Wildman–Crippen LogP) is 3.43. The fraction of sp³-hybridized carbons (Fsp3) is 0.267. The molecule has 0 saturated carbocycles. The molecule has 7 heteroatoms. The van der Waals surface area contributed by atoms with Crippen LogP contribution in [-0.4, -0.2) is 24.7 Å². The highest BCUT2D eigenvalue weighted by atomic mass is 32.2. The summed E-state index contributed by atoms with van der Waals surface area (Å²) in [5.74, 6) is 0. The molecule has 118 valence electrons. The minimum absolute atomic E-state index is 0.235. The van der Waals surface area contributed by atoms with Crippen LogP contribution in [0.25, 0.3) is 10.8 Å².